The first-order chi connectivity index (χ1) is 8.97. The van der Waals surface area contributed by atoms with E-state index in [2.05, 4.69) is 0 Å². The van der Waals surface area contributed by atoms with Gasteiger partial charge in [0.05, 0.1) is 8.49 Å². The van der Waals surface area contributed by atoms with Gasteiger partial charge in [-0.1, -0.05) is 6.07 Å². The van der Waals surface area contributed by atoms with Crippen molar-refractivity contribution in [2.24, 2.45) is 0 Å². The van der Waals surface area contributed by atoms with Crippen molar-refractivity contribution in [3.63, 3.8) is 0 Å². The fraction of sp³-hybridized carbons (Fsp3) is 0. The van der Waals surface area contributed by atoms with Crippen molar-refractivity contribution in [2.75, 3.05) is 0 Å². The SMILES string of the molecule is O=[N+]([O-])c1cc(I)c(F)cc1Oc1cccc(O)c1. The third kappa shape index (κ3) is 3.11. The highest BCUT2D eigenvalue weighted by atomic mass is 127. The van der Waals surface area contributed by atoms with Crippen molar-refractivity contribution in [1.82, 2.24) is 0 Å². The summed E-state index contributed by atoms with van der Waals surface area (Å²) in [6.07, 6.45) is 0. The zero-order valence-electron chi connectivity index (χ0n) is 9.34. The van der Waals surface area contributed by atoms with Crippen molar-refractivity contribution in [1.29, 1.82) is 0 Å². The molecular weight excluding hydrogens is 368 g/mol. The van der Waals surface area contributed by atoms with E-state index >= 15 is 0 Å². The monoisotopic (exact) mass is 375 g/mol. The number of benzene rings is 2. The van der Waals surface area contributed by atoms with Crippen LogP contribution in [-0.4, -0.2) is 10.0 Å². The van der Waals surface area contributed by atoms with Gasteiger partial charge in [-0.15, -0.1) is 0 Å². The van der Waals surface area contributed by atoms with E-state index in [4.69, 9.17) is 4.74 Å². The van der Waals surface area contributed by atoms with Gasteiger partial charge < -0.3 is 9.84 Å². The number of hydrogen-bond acceptors (Lipinski definition) is 4. The molecular formula is C12H7FINO4. The average Bonchev–Trinajstić information content (AvgIpc) is 2.33. The Morgan fingerprint density at radius 3 is 2.68 bits per heavy atom. The van der Waals surface area contributed by atoms with Gasteiger partial charge in [0.1, 0.15) is 17.3 Å². The number of aromatic hydroxyl groups is 1. The lowest BCUT2D eigenvalue weighted by Crippen LogP contribution is -1.96. The molecule has 0 aliphatic heterocycles. The number of phenols is 1. The first-order valence-electron chi connectivity index (χ1n) is 5.07. The predicted molar refractivity (Wildman–Crippen MR) is 74.0 cm³/mol. The highest BCUT2D eigenvalue weighted by molar-refractivity contribution is 14.1. The summed E-state index contributed by atoms with van der Waals surface area (Å²) in [7, 11) is 0. The molecule has 2 aromatic carbocycles. The molecule has 0 atom stereocenters. The number of nitrogens with zero attached hydrogens (tertiary/aromatic N) is 1. The van der Waals surface area contributed by atoms with E-state index < -0.39 is 10.7 Å². The van der Waals surface area contributed by atoms with Crippen LogP contribution in [0.2, 0.25) is 0 Å². The minimum Gasteiger partial charge on any atom is -0.508 e. The molecule has 2 aromatic rings. The van der Waals surface area contributed by atoms with E-state index in [1.54, 1.807) is 22.6 Å². The molecule has 5 nitrogen and oxygen atoms in total. The Bertz CT molecular complexity index is 648. The Kier molecular flexibility index (Phi) is 3.84. The summed E-state index contributed by atoms with van der Waals surface area (Å²) in [6, 6.07) is 7.76. The maximum atomic E-state index is 13.4. The van der Waals surface area contributed by atoms with Gasteiger partial charge in [-0.3, -0.25) is 10.1 Å². The van der Waals surface area contributed by atoms with Gasteiger partial charge in [0.25, 0.3) is 0 Å². The summed E-state index contributed by atoms with van der Waals surface area (Å²) in [5.74, 6) is -0.690. The molecule has 0 aliphatic rings. The summed E-state index contributed by atoms with van der Waals surface area (Å²) < 4.78 is 18.8. The van der Waals surface area contributed by atoms with Crippen LogP contribution >= 0.6 is 22.6 Å². The third-order valence-electron chi connectivity index (χ3n) is 2.24. The zero-order valence-corrected chi connectivity index (χ0v) is 11.5. The number of nitro groups is 1. The Labute approximate surface area is 120 Å². The first-order valence-corrected chi connectivity index (χ1v) is 6.15. The number of rotatable bonds is 3. The van der Waals surface area contributed by atoms with Gasteiger partial charge in [0.2, 0.25) is 5.75 Å². The normalized spacial score (nSPS) is 10.2. The van der Waals surface area contributed by atoms with Gasteiger partial charge >= 0.3 is 5.69 Å². The molecule has 0 saturated carbocycles. The maximum Gasteiger partial charge on any atom is 0.312 e. The van der Waals surface area contributed by atoms with E-state index in [1.807, 2.05) is 0 Å². The summed E-state index contributed by atoms with van der Waals surface area (Å²) in [5.41, 5.74) is -0.339. The fourth-order valence-corrected chi connectivity index (χ4v) is 1.87. The second kappa shape index (κ2) is 5.39. The summed E-state index contributed by atoms with van der Waals surface area (Å²) >= 11 is 1.66. The van der Waals surface area contributed by atoms with Crippen molar-refractivity contribution in [3.05, 3.63) is 55.9 Å². The molecule has 1 N–H and O–H groups in total. The van der Waals surface area contributed by atoms with Gasteiger partial charge in [-0.2, -0.15) is 0 Å². The molecule has 7 heteroatoms. The van der Waals surface area contributed by atoms with E-state index in [0.717, 1.165) is 12.1 Å². The van der Waals surface area contributed by atoms with Crippen molar-refractivity contribution in [3.8, 4) is 17.2 Å². The molecule has 19 heavy (non-hydrogen) atoms. The van der Waals surface area contributed by atoms with Crippen LogP contribution in [0.1, 0.15) is 0 Å². The highest BCUT2D eigenvalue weighted by Gasteiger charge is 2.19. The van der Waals surface area contributed by atoms with Crippen molar-refractivity contribution in [2.45, 2.75) is 0 Å². The van der Waals surface area contributed by atoms with Gasteiger partial charge in [0.15, 0.2) is 0 Å². The molecule has 2 rings (SSSR count). The second-order valence-electron chi connectivity index (χ2n) is 3.59. The topological polar surface area (TPSA) is 72.6 Å². The van der Waals surface area contributed by atoms with E-state index in [9.17, 15) is 19.6 Å². The Hall–Kier alpha value is -1.90. The number of phenolic OH excluding ortho intramolecular Hbond substituents is 1. The van der Waals surface area contributed by atoms with Crippen LogP contribution in [0.4, 0.5) is 10.1 Å². The molecule has 0 saturated heterocycles. The van der Waals surface area contributed by atoms with Crippen molar-refractivity contribution >= 4 is 28.3 Å². The van der Waals surface area contributed by atoms with Crippen LogP contribution in [0.3, 0.4) is 0 Å². The standard InChI is InChI=1S/C12H7FINO4/c13-9-5-12(11(15(17)18)6-10(9)14)19-8-3-1-2-7(16)4-8/h1-6,16H. The van der Waals surface area contributed by atoms with E-state index in [-0.39, 0.29) is 26.5 Å². The van der Waals surface area contributed by atoms with Crippen molar-refractivity contribution < 1.29 is 19.2 Å². The van der Waals surface area contributed by atoms with Crippen LogP contribution in [-0.2, 0) is 0 Å². The largest absolute Gasteiger partial charge is 0.508 e. The highest BCUT2D eigenvalue weighted by Crippen LogP contribution is 2.34. The quantitative estimate of drug-likeness (QED) is 0.503. The molecule has 0 spiro atoms. The summed E-state index contributed by atoms with van der Waals surface area (Å²) in [5, 5.41) is 20.2. The van der Waals surface area contributed by atoms with Gasteiger partial charge in [-0.25, -0.2) is 4.39 Å². The van der Waals surface area contributed by atoms with Crippen LogP contribution in [0, 0.1) is 19.5 Å². The van der Waals surface area contributed by atoms with Crippen LogP contribution < -0.4 is 4.74 Å². The molecule has 98 valence electrons. The molecule has 0 aromatic heterocycles. The Morgan fingerprint density at radius 2 is 2.05 bits per heavy atom. The minimum atomic E-state index is -0.653. The van der Waals surface area contributed by atoms with Crippen LogP contribution in [0.25, 0.3) is 0 Å². The number of halogens is 2. The number of ether oxygens (including phenoxy) is 1. The lowest BCUT2D eigenvalue weighted by atomic mass is 10.3. The molecule has 0 amide bonds. The number of nitro benzene ring substituents is 1. The van der Waals surface area contributed by atoms with Gasteiger partial charge in [-0.05, 0) is 34.7 Å². The van der Waals surface area contributed by atoms with Gasteiger partial charge in [0, 0.05) is 18.2 Å². The third-order valence-corrected chi connectivity index (χ3v) is 3.07. The molecule has 0 fully saturated rings. The fourth-order valence-electron chi connectivity index (χ4n) is 1.42. The second-order valence-corrected chi connectivity index (χ2v) is 4.75. The molecule has 0 bridgehead atoms. The first kappa shape index (κ1) is 13.5. The lowest BCUT2D eigenvalue weighted by molar-refractivity contribution is -0.385. The molecule has 0 heterocycles. The molecule has 0 radical (unpaired) electrons. The van der Waals surface area contributed by atoms with E-state index in [0.29, 0.717) is 0 Å². The van der Waals surface area contributed by atoms with E-state index in [1.165, 1.54) is 24.3 Å². The number of hydrogen-bond donors (Lipinski definition) is 1. The Morgan fingerprint density at radius 1 is 1.32 bits per heavy atom. The Balaban J connectivity index is 2.44. The zero-order chi connectivity index (χ0) is 14.0. The maximum absolute atomic E-state index is 13.4. The predicted octanol–water partition coefficient (Wildman–Crippen LogP) is 3.84. The summed E-state index contributed by atoms with van der Waals surface area (Å²) in [6.45, 7) is 0. The van der Waals surface area contributed by atoms with Crippen LogP contribution in [0.5, 0.6) is 17.2 Å². The lowest BCUT2D eigenvalue weighted by Gasteiger charge is -2.07. The van der Waals surface area contributed by atoms with Crippen LogP contribution in [0.15, 0.2) is 36.4 Å². The smallest absolute Gasteiger partial charge is 0.312 e. The summed E-state index contributed by atoms with van der Waals surface area (Å²) in [4.78, 5) is 10.2. The molecule has 0 aliphatic carbocycles. The minimum absolute atomic E-state index is 0.0499. The average molecular weight is 375 g/mol. The molecule has 0 unspecified atom stereocenters.